The van der Waals surface area contributed by atoms with Crippen LogP contribution in [-0.2, 0) is 36.9 Å². The number of allylic oxidation sites excluding steroid dienone is 1. The number of cyclic esters (lactones) is 1. The van der Waals surface area contributed by atoms with E-state index in [9.17, 15) is 19.2 Å². The van der Waals surface area contributed by atoms with Crippen molar-refractivity contribution in [3.05, 3.63) is 35.4 Å². The molecule has 4 bridgehead atoms. The molecule has 1 fully saturated rings. The van der Waals surface area contributed by atoms with E-state index in [1.54, 1.807) is 12.0 Å². The predicted molar refractivity (Wildman–Crippen MR) is 155 cm³/mol. The Morgan fingerprint density at radius 2 is 1.81 bits per heavy atom. The van der Waals surface area contributed by atoms with Crippen LogP contribution in [0.15, 0.2) is 24.3 Å². The highest BCUT2D eigenvalue weighted by molar-refractivity contribution is 5.91. The van der Waals surface area contributed by atoms with Crippen molar-refractivity contribution in [2.24, 2.45) is 10.8 Å². The van der Waals surface area contributed by atoms with Gasteiger partial charge in [-0.15, -0.1) is 0 Å². The Morgan fingerprint density at radius 3 is 2.49 bits per heavy atom. The maximum atomic E-state index is 13.9. The minimum Gasteiger partial charge on any atom is -0.493 e. The van der Waals surface area contributed by atoms with E-state index >= 15 is 0 Å². The van der Waals surface area contributed by atoms with Gasteiger partial charge in [-0.3, -0.25) is 9.69 Å². The van der Waals surface area contributed by atoms with Gasteiger partial charge in [0.25, 0.3) is 0 Å². The average Bonchev–Trinajstić information content (AvgIpc) is 3.57. The van der Waals surface area contributed by atoms with Gasteiger partial charge in [0, 0.05) is 23.9 Å². The molecule has 3 heterocycles. The van der Waals surface area contributed by atoms with E-state index in [0.717, 1.165) is 11.1 Å². The molecule has 1 N–H and O–H groups in total. The van der Waals surface area contributed by atoms with Crippen LogP contribution in [0, 0.1) is 10.8 Å². The molecule has 236 valence electrons. The van der Waals surface area contributed by atoms with E-state index in [-0.39, 0.29) is 32.7 Å². The number of fused-ring (bicyclic) bond motifs is 3. The molecule has 1 saturated heterocycles. The summed E-state index contributed by atoms with van der Waals surface area (Å²) in [4.78, 5) is 55.8. The van der Waals surface area contributed by atoms with Crippen LogP contribution in [0.25, 0.3) is 0 Å². The standard InChI is InChI=1S/C31H43N3O9/c1-30(2,3)25-26(35)34-16-20(14-22(34)27(36)40-7)43-29(38)33-15-19-10-11-23(39-6)24(21(19)17-33)41-13-9-8-12-31(4,5)18-42-28(37)32-25/h8-11,20,22,25H,12-18H2,1-7H3,(H,32,37)/t20-,22?,25-/m1/s1. The number of carbonyl (C=O) groups is 4. The monoisotopic (exact) mass is 601 g/mol. The smallest absolute Gasteiger partial charge is 0.410 e. The quantitative estimate of drug-likeness (QED) is 0.305. The third-order valence-electron chi connectivity index (χ3n) is 7.93. The topological polar surface area (TPSA) is 133 Å². The summed E-state index contributed by atoms with van der Waals surface area (Å²) in [6, 6.07) is 1.71. The van der Waals surface area contributed by atoms with Crippen LogP contribution in [0.5, 0.6) is 11.5 Å². The van der Waals surface area contributed by atoms with Gasteiger partial charge in [0.05, 0.1) is 33.9 Å². The third kappa shape index (κ3) is 7.34. The van der Waals surface area contributed by atoms with E-state index in [2.05, 4.69) is 5.32 Å². The molecule has 12 heteroatoms. The number of nitrogens with zero attached hydrogens (tertiary/aromatic N) is 2. The van der Waals surface area contributed by atoms with Crippen LogP contribution >= 0.6 is 0 Å². The van der Waals surface area contributed by atoms with E-state index in [4.69, 9.17) is 23.7 Å². The van der Waals surface area contributed by atoms with Crippen LogP contribution in [0.1, 0.15) is 58.6 Å². The molecule has 43 heavy (non-hydrogen) atoms. The molecule has 3 atom stereocenters. The lowest BCUT2D eigenvalue weighted by Gasteiger charge is -2.35. The number of hydrogen-bond donors (Lipinski definition) is 1. The Bertz CT molecular complexity index is 1270. The number of esters is 1. The Morgan fingerprint density at radius 1 is 1.07 bits per heavy atom. The summed E-state index contributed by atoms with van der Waals surface area (Å²) in [5.41, 5.74) is 0.629. The molecular formula is C31H43N3O9. The minimum absolute atomic E-state index is 0.0324. The number of hydrogen-bond acceptors (Lipinski definition) is 9. The molecule has 0 spiro atoms. The van der Waals surface area contributed by atoms with Crippen LogP contribution in [0.2, 0.25) is 0 Å². The summed E-state index contributed by atoms with van der Waals surface area (Å²) in [6.45, 7) is 10.3. The lowest BCUT2D eigenvalue weighted by molar-refractivity contribution is -0.152. The van der Waals surface area contributed by atoms with E-state index in [1.165, 1.54) is 12.0 Å². The van der Waals surface area contributed by atoms with Crippen molar-refractivity contribution < 1.29 is 42.9 Å². The van der Waals surface area contributed by atoms with Crippen molar-refractivity contribution >= 4 is 24.1 Å². The molecule has 4 rings (SSSR count). The maximum Gasteiger partial charge on any atom is 0.410 e. The number of benzene rings is 1. The fourth-order valence-corrected chi connectivity index (χ4v) is 5.47. The van der Waals surface area contributed by atoms with Crippen LogP contribution in [0.3, 0.4) is 0 Å². The first-order valence-electron chi connectivity index (χ1n) is 14.5. The molecule has 1 aromatic rings. The first-order valence-corrected chi connectivity index (χ1v) is 14.5. The van der Waals surface area contributed by atoms with E-state index in [0.29, 0.717) is 24.5 Å². The zero-order valence-corrected chi connectivity index (χ0v) is 26.1. The normalized spacial score (nSPS) is 24.7. The molecule has 3 aliphatic rings. The largest absolute Gasteiger partial charge is 0.493 e. The maximum absolute atomic E-state index is 13.9. The molecule has 1 aromatic carbocycles. The summed E-state index contributed by atoms with van der Waals surface area (Å²) in [7, 11) is 2.80. The molecule has 1 unspecified atom stereocenters. The van der Waals surface area contributed by atoms with Crippen molar-refractivity contribution in [3.8, 4) is 11.5 Å². The zero-order chi connectivity index (χ0) is 31.5. The highest BCUT2D eigenvalue weighted by Crippen LogP contribution is 2.39. The second-order valence-electron chi connectivity index (χ2n) is 13.0. The van der Waals surface area contributed by atoms with Crippen molar-refractivity contribution in [2.45, 2.75) is 78.7 Å². The van der Waals surface area contributed by atoms with Crippen molar-refractivity contribution in [1.29, 1.82) is 0 Å². The van der Waals surface area contributed by atoms with Crippen molar-refractivity contribution in [3.63, 3.8) is 0 Å². The first kappa shape index (κ1) is 32.0. The van der Waals surface area contributed by atoms with Crippen LogP contribution < -0.4 is 14.8 Å². The lowest BCUT2D eigenvalue weighted by atomic mass is 9.85. The second kappa shape index (κ2) is 12.7. The van der Waals surface area contributed by atoms with Crippen molar-refractivity contribution in [1.82, 2.24) is 15.1 Å². The fourth-order valence-electron chi connectivity index (χ4n) is 5.47. The highest BCUT2D eigenvalue weighted by Gasteiger charge is 2.47. The number of methoxy groups -OCH3 is 2. The lowest BCUT2D eigenvalue weighted by Crippen LogP contribution is -2.57. The van der Waals surface area contributed by atoms with Gasteiger partial charge in [0.15, 0.2) is 11.5 Å². The van der Waals surface area contributed by atoms with Gasteiger partial charge < -0.3 is 33.9 Å². The highest BCUT2D eigenvalue weighted by atomic mass is 16.6. The second-order valence-corrected chi connectivity index (χ2v) is 13.0. The number of amides is 3. The van der Waals surface area contributed by atoms with Gasteiger partial charge in [0.1, 0.15) is 24.8 Å². The van der Waals surface area contributed by atoms with Gasteiger partial charge in [-0.05, 0) is 23.5 Å². The zero-order valence-electron chi connectivity index (χ0n) is 26.1. The number of ether oxygens (including phenoxy) is 5. The first-order chi connectivity index (χ1) is 20.2. The molecule has 0 saturated carbocycles. The SMILES string of the molecule is COC(=O)C1C[C@@H]2CN1C(=O)[C@H](C(C)(C)C)NC(=O)OCC(C)(C)CC=CCOc1c(OC)ccc3c1CN(C3)C(=O)O2. The molecule has 0 aliphatic carbocycles. The van der Waals surface area contributed by atoms with Crippen LogP contribution in [0.4, 0.5) is 9.59 Å². The average molecular weight is 602 g/mol. The van der Waals surface area contributed by atoms with E-state index in [1.807, 2.05) is 58.9 Å². The Balaban J connectivity index is 1.65. The summed E-state index contributed by atoms with van der Waals surface area (Å²) >= 11 is 0. The Kier molecular flexibility index (Phi) is 9.46. The molecule has 0 aromatic heterocycles. The molecule has 3 aliphatic heterocycles. The fraction of sp³-hybridized carbons (Fsp3) is 0.613. The number of nitrogens with one attached hydrogen (secondary N) is 1. The van der Waals surface area contributed by atoms with Gasteiger partial charge in [0.2, 0.25) is 5.91 Å². The third-order valence-corrected chi connectivity index (χ3v) is 7.93. The summed E-state index contributed by atoms with van der Waals surface area (Å²) in [5.74, 6) is -0.00991. The van der Waals surface area contributed by atoms with E-state index < -0.39 is 53.1 Å². The summed E-state index contributed by atoms with van der Waals surface area (Å²) in [5, 5.41) is 2.71. The van der Waals surface area contributed by atoms with Crippen molar-refractivity contribution in [2.75, 3.05) is 34.0 Å². The Labute approximate surface area is 252 Å². The predicted octanol–water partition coefficient (Wildman–Crippen LogP) is 3.80. The number of alkyl carbamates (subject to hydrolysis) is 1. The van der Waals surface area contributed by atoms with Gasteiger partial charge in [-0.25, -0.2) is 14.4 Å². The van der Waals surface area contributed by atoms with Gasteiger partial charge >= 0.3 is 18.2 Å². The minimum atomic E-state index is -1.02. The Hall–Kier alpha value is -3.96. The molecule has 0 radical (unpaired) electrons. The number of rotatable bonds is 2. The molecular weight excluding hydrogens is 558 g/mol. The number of carbonyl (C=O) groups excluding carboxylic acids is 4. The van der Waals surface area contributed by atoms with Crippen LogP contribution in [-0.4, -0.2) is 86.0 Å². The summed E-state index contributed by atoms with van der Waals surface area (Å²) < 4.78 is 28.0. The molecule has 3 amide bonds. The molecule has 12 nitrogen and oxygen atoms in total. The van der Waals surface area contributed by atoms with Gasteiger partial charge in [-0.1, -0.05) is 52.8 Å². The van der Waals surface area contributed by atoms with Gasteiger partial charge in [-0.2, -0.15) is 0 Å². The summed E-state index contributed by atoms with van der Waals surface area (Å²) in [6.07, 6.45) is 2.44.